The van der Waals surface area contributed by atoms with Crippen LogP contribution in [0.5, 0.6) is 5.75 Å². The molecular weight excluding hydrogens is 566 g/mol. The molecular formula is C32H35N5O7. The molecule has 230 valence electrons. The van der Waals surface area contributed by atoms with Gasteiger partial charge < -0.3 is 26.2 Å². The third-order valence-corrected chi connectivity index (χ3v) is 9.33. The van der Waals surface area contributed by atoms with E-state index in [0.29, 0.717) is 28.9 Å². The number of phenolic OH excluding ortho intramolecular Hbond substituents is 1. The first-order chi connectivity index (χ1) is 20.7. The van der Waals surface area contributed by atoms with Crippen LogP contribution in [-0.4, -0.2) is 84.0 Å². The number of nitrogens with one attached hydrogen (secondary N) is 1. The summed E-state index contributed by atoms with van der Waals surface area (Å²) in [4.78, 5) is 70.4. The number of hydrogen-bond acceptors (Lipinski definition) is 11. The second kappa shape index (κ2) is 11.2. The molecule has 0 saturated heterocycles. The highest BCUT2D eigenvalue weighted by molar-refractivity contribution is 6.32. The molecule has 44 heavy (non-hydrogen) atoms. The number of rotatable bonds is 7. The van der Waals surface area contributed by atoms with Gasteiger partial charge in [0, 0.05) is 44.4 Å². The maximum atomic E-state index is 14.1. The summed E-state index contributed by atoms with van der Waals surface area (Å²) in [6, 6.07) is 9.71. The molecule has 5 N–H and O–H groups in total. The van der Waals surface area contributed by atoms with Crippen LogP contribution in [0.1, 0.15) is 39.0 Å². The molecule has 1 amide bonds. The topological polar surface area (TPSA) is 194 Å². The number of aliphatic hydroxyl groups is 1. The lowest BCUT2D eigenvalue weighted by Gasteiger charge is -2.52. The molecule has 0 spiro atoms. The smallest absolute Gasteiger partial charge is 0.235 e. The second-order valence-electron chi connectivity index (χ2n) is 12.4. The number of fused-ring (bicyclic) bond motifs is 3. The Kier molecular flexibility index (Phi) is 7.92. The first-order valence-electron chi connectivity index (χ1n) is 14.3. The van der Waals surface area contributed by atoms with Crippen molar-refractivity contribution < 1.29 is 34.2 Å². The fraction of sp³-hybridized carbons (Fsp3) is 0.438. The molecule has 0 radical (unpaired) electrons. The van der Waals surface area contributed by atoms with Crippen LogP contribution in [0.15, 0.2) is 30.3 Å². The molecule has 12 nitrogen and oxygen atoms in total. The average molecular weight is 602 g/mol. The van der Waals surface area contributed by atoms with Gasteiger partial charge in [-0.2, -0.15) is 5.26 Å². The lowest BCUT2D eigenvalue weighted by atomic mass is 9.52. The molecule has 2 aromatic carbocycles. The first-order valence-corrected chi connectivity index (χ1v) is 14.3. The van der Waals surface area contributed by atoms with Gasteiger partial charge in [-0.1, -0.05) is 12.1 Å². The Hall–Kier alpha value is -4.44. The van der Waals surface area contributed by atoms with Crippen molar-refractivity contribution in [3.05, 3.63) is 58.1 Å². The highest BCUT2D eigenvalue weighted by atomic mass is 16.3. The summed E-state index contributed by atoms with van der Waals surface area (Å²) in [5.41, 5.74) is 5.63. The number of hydrogen-bond donors (Lipinski definition) is 4. The van der Waals surface area contributed by atoms with E-state index in [1.165, 1.54) is 4.90 Å². The third-order valence-electron chi connectivity index (χ3n) is 9.33. The van der Waals surface area contributed by atoms with Crippen molar-refractivity contribution >= 4 is 34.7 Å². The number of benzene rings is 2. The number of nitrogens with two attached hydrogens (primary N) is 1. The van der Waals surface area contributed by atoms with Gasteiger partial charge in [0.25, 0.3) is 0 Å². The van der Waals surface area contributed by atoms with E-state index < -0.39 is 64.4 Å². The van der Waals surface area contributed by atoms with Gasteiger partial charge in [-0.05, 0) is 62.2 Å². The van der Waals surface area contributed by atoms with E-state index in [-0.39, 0.29) is 30.7 Å². The fourth-order valence-corrected chi connectivity index (χ4v) is 7.28. The maximum absolute atomic E-state index is 14.1. The van der Waals surface area contributed by atoms with Crippen LogP contribution in [0.25, 0.3) is 0 Å². The number of ketones is 4. The van der Waals surface area contributed by atoms with Crippen molar-refractivity contribution in [2.24, 2.45) is 29.4 Å². The zero-order valence-electron chi connectivity index (χ0n) is 25.0. The molecule has 12 heteroatoms. The Morgan fingerprint density at radius 3 is 2.32 bits per heavy atom. The summed E-state index contributed by atoms with van der Waals surface area (Å²) < 4.78 is 0. The maximum Gasteiger partial charge on any atom is 0.235 e. The van der Waals surface area contributed by atoms with Gasteiger partial charge in [-0.25, -0.2) is 0 Å². The summed E-state index contributed by atoms with van der Waals surface area (Å²) >= 11 is 0. The molecule has 3 aliphatic carbocycles. The second-order valence-corrected chi connectivity index (χ2v) is 12.4. The minimum atomic E-state index is -2.77. The number of phenols is 1. The zero-order chi connectivity index (χ0) is 32.2. The van der Waals surface area contributed by atoms with Crippen molar-refractivity contribution in [2.45, 2.75) is 37.6 Å². The van der Waals surface area contributed by atoms with E-state index in [9.17, 15) is 34.2 Å². The van der Waals surface area contributed by atoms with E-state index in [2.05, 4.69) is 11.4 Å². The number of amides is 1. The molecule has 0 aromatic heterocycles. The average Bonchev–Trinajstić information content (AvgIpc) is 2.96. The molecule has 2 saturated carbocycles. The number of likely N-dealkylation sites (N-methyl/N-ethyl adjacent to an activating group) is 1. The number of anilines is 1. The summed E-state index contributed by atoms with van der Waals surface area (Å²) in [5.74, 6) is -10.7. The van der Waals surface area contributed by atoms with Crippen LogP contribution in [0.3, 0.4) is 0 Å². The SMILES string of the molecule is CN(C)c1cc(CNCc2ccc(C#N)cc2)c(O)c2c1C[C@H]1C[C@H]3[C@H](N(C)C)C(=O)C(C(N)=O)C(=O)[C@@]3(O)C(=O)C1C2=O. The summed E-state index contributed by atoms with van der Waals surface area (Å²) in [5, 5.41) is 35.4. The van der Waals surface area contributed by atoms with E-state index in [1.807, 2.05) is 17.0 Å². The van der Waals surface area contributed by atoms with Crippen LogP contribution in [0.4, 0.5) is 5.69 Å². The summed E-state index contributed by atoms with van der Waals surface area (Å²) in [6.07, 6.45) is 0.178. The van der Waals surface area contributed by atoms with Crippen LogP contribution in [-0.2, 0) is 38.7 Å². The highest BCUT2D eigenvalue weighted by Gasteiger charge is 2.69. The molecule has 6 atom stereocenters. The normalized spacial score (nSPS) is 27.8. The predicted molar refractivity (Wildman–Crippen MR) is 157 cm³/mol. The van der Waals surface area contributed by atoms with E-state index >= 15 is 0 Å². The number of nitrogens with zero attached hydrogens (tertiary/aromatic N) is 3. The van der Waals surface area contributed by atoms with Crippen LogP contribution in [0, 0.1) is 35.0 Å². The van der Waals surface area contributed by atoms with Crippen molar-refractivity contribution in [3.8, 4) is 11.8 Å². The number of carbonyl (C=O) groups is 5. The molecule has 0 bridgehead atoms. The minimum absolute atomic E-state index is 0.00851. The standard InChI is InChI=1S/C32H35N5O7/c1-36(2)21-11-18(14-35-13-16-7-5-15(12-33)6-8-16)26(38)23-19(21)9-17-10-20-25(37(3)4)28(40)24(31(34)43)30(42)32(20,44)29(41)22(17)27(23)39/h5-8,11,17,20,22,24-25,35,38,44H,9-10,13-14H2,1-4H3,(H2,34,43)/t17-,20-,22?,24?,25-,32-/m0/s1. The molecule has 2 fully saturated rings. The number of nitriles is 1. The quantitative estimate of drug-likeness (QED) is 0.314. The summed E-state index contributed by atoms with van der Waals surface area (Å²) in [7, 11) is 6.70. The van der Waals surface area contributed by atoms with Gasteiger partial charge in [0.1, 0.15) is 5.75 Å². The molecule has 5 rings (SSSR count). The van der Waals surface area contributed by atoms with Crippen LogP contribution < -0.4 is 16.0 Å². The molecule has 2 unspecified atom stereocenters. The predicted octanol–water partition coefficient (Wildman–Crippen LogP) is 0.0945. The molecule has 0 heterocycles. The fourth-order valence-electron chi connectivity index (χ4n) is 7.28. The van der Waals surface area contributed by atoms with Gasteiger partial charge in [-0.15, -0.1) is 0 Å². The first kappa shape index (κ1) is 31.0. The summed E-state index contributed by atoms with van der Waals surface area (Å²) in [6.45, 7) is 0.590. The van der Waals surface area contributed by atoms with Crippen molar-refractivity contribution in [1.29, 1.82) is 5.26 Å². The Morgan fingerprint density at radius 2 is 1.75 bits per heavy atom. The van der Waals surface area contributed by atoms with E-state index in [0.717, 1.165) is 5.56 Å². The Balaban J connectivity index is 1.53. The van der Waals surface area contributed by atoms with Crippen LogP contribution >= 0.6 is 0 Å². The Bertz CT molecular complexity index is 1630. The highest BCUT2D eigenvalue weighted by Crippen LogP contribution is 2.52. The van der Waals surface area contributed by atoms with E-state index in [1.54, 1.807) is 46.4 Å². The number of aromatic hydroxyl groups is 1. The zero-order valence-corrected chi connectivity index (χ0v) is 25.0. The molecule has 2 aromatic rings. The van der Waals surface area contributed by atoms with Crippen molar-refractivity contribution in [2.75, 3.05) is 33.1 Å². The monoisotopic (exact) mass is 601 g/mol. The number of carbonyl (C=O) groups excluding carboxylic acids is 5. The van der Waals surface area contributed by atoms with Crippen molar-refractivity contribution in [3.63, 3.8) is 0 Å². The van der Waals surface area contributed by atoms with Gasteiger partial charge in [-0.3, -0.25) is 28.9 Å². The minimum Gasteiger partial charge on any atom is -0.507 e. The number of Topliss-reactive ketones (excluding diaryl/α,β-unsaturated/α-hetero) is 4. The van der Waals surface area contributed by atoms with Crippen LogP contribution in [0.2, 0.25) is 0 Å². The van der Waals surface area contributed by atoms with Gasteiger partial charge >= 0.3 is 0 Å². The lowest BCUT2D eigenvalue weighted by Crippen LogP contribution is -2.74. The number of primary amides is 1. The largest absolute Gasteiger partial charge is 0.507 e. The molecule has 3 aliphatic rings. The Labute approximate surface area is 254 Å². The van der Waals surface area contributed by atoms with Crippen molar-refractivity contribution in [1.82, 2.24) is 10.2 Å². The van der Waals surface area contributed by atoms with Gasteiger partial charge in [0.05, 0.1) is 29.2 Å². The lowest BCUT2D eigenvalue weighted by molar-refractivity contribution is -0.181. The molecule has 0 aliphatic heterocycles. The Morgan fingerprint density at radius 1 is 1.09 bits per heavy atom. The van der Waals surface area contributed by atoms with E-state index in [4.69, 9.17) is 11.0 Å². The van der Waals surface area contributed by atoms with Gasteiger partial charge in [0.2, 0.25) is 5.91 Å². The van der Waals surface area contributed by atoms with Gasteiger partial charge in [0.15, 0.2) is 34.7 Å². The third kappa shape index (κ3) is 4.68.